The Balaban J connectivity index is 2.71. The van der Waals surface area contributed by atoms with E-state index in [1.165, 1.54) is 0 Å². The Labute approximate surface area is 120 Å². The SMILES string of the molecule is COC(=O)C1CCCCC1C(=O)OCC(F)(F)S(=O)(=O)O. The summed E-state index contributed by atoms with van der Waals surface area (Å²) in [6.07, 6.45) is 1.92. The van der Waals surface area contributed by atoms with Gasteiger partial charge in [0.2, 0.25) is 0 Å². The summed E-state index contributed by atoms with van der Waals surface area (Å²) in [5.41, 5.74) is 0. The summed E-state index contributed by atoms with van der Waals surface area (Å²) in [7, 11) is -4.52. The highest BCUT2D eigenvalue weighted by Crippen LogP contribution is 2.32. The van der Waals surface area contributed by atoms with Crippen LogP contribution in [0.25, 0.3) is 0 Å². The number of rotatable bonds is 5. The summed E-state index contributed by atoms with van der Waals surface area (Å²) in [6.45, 7) is -1.80. The number of esters is 2. The van der Waals surface area contributed by atoms with Crippen molar-refractivity contribution in [3.05, 3.63) is 0 Å². The first-order chi connectivity index (χ1) is 9.60. The molecule has 21 heavy (non-hydrogen) atoms. The molecule has 1 rings (SSSR count). The van der Waals surface area contributed by atoms with Crippen LogP contribution < -0.4 is 0 Å². The monoisotopic (exact) mass is 330 g/mol. The fourth-order valence-corrected chi connectivity index (χ4v) is 2.39. The van der Waals surface area contributed by atoms with Crippen LogP contribution in [0.2, 0.25) is 0 Å². The molecule has 122 valence electrons. The minimum Gasteiger partial charge on any atom is -0.469 e. The van der Waals surface area contributed by atoms with Gasteiger partial charge in [-0.1, -0.05) is 12.8 Å². The molecule has 0 aliphatic heterocycles. The van der Waals surface area contributed by atoms with Crippen LogP contribution in [0.1, 0.15) is 25.7 Å². The van der Waals surface area contributed by atoms with Crippen molar-refractivity contribution in [3.8, 4) is 0 Å². The van der Waals surface area contributed by atoms with Gasteiger partial charge in [0.05, 0.1) is 18.9 Å². The van der Waals surface area contributed by atoms with Gasteiger partial charge < -0.3 is 9.47 Å². The molecule has 2 atom stereocenters. The van der Waals surface area contributed by atoms with Gasteiger partial charge in [-0.15, -0.1) is 0 Å². The molecule has 1 fully saturated rings. The molecular weight excluding hydrogens is 314 g/mol. The van der Waals surface area contributed by atoms with Gasteiger partial charge in [0.25, 0.3) is 0 Å². The number of ether oxygens (including phenoxy) is 2. The summed E-state index contributed by atoms with van der Waals surface area (Å²) in [4.78, 5) is 23.3. The van der Waals surface area contributed by atoms with Gasteiger partial charge in [-0.2, -0.15) is 17.2 Å². The van der Waals surface area contributed by atoms with E-state index in [2.05, 4.69) is 9.47 Å². The molecule has 0 aromatic rings. The molecule has 0 saturated heterocycles. The zero-order valence-electron chi connectivity index (χ0n) is 11.3. The van der Waals surface area contributed by atoms with Gasteiger partial charge in [-0.25, -0.2) is 0 Å². The lowest BCUT2D eigenvalue weighted by atomic mass is 9.79. The third kappa shape index (κ3) is 4.34. The highest BCUT2D eigenvalue weighted by atomic mass is 32.2. The van der Waals surface area contributed by atoms with Crippen LogP contribution >= 0.6 is 0 Å². The molecule has 0 heterocycles. The Morgan fingerprint density at radius 1 is 1.19 bits per heavy atom. The normalized spacial score (nSPS) is 23.4. The third-order valence-electron chi connectivity index (χ3n) is 3.33. The Morgan fingerprint density at radius 2 is 1.67 bits per heavy atom. The van der Waals surface area contributed by atoms with E-state index in [1.54, 1.807) is 0 Å². The van der Waals surface area contributed by atoms with E-state index in [1.807, 2.05) is 0 Å². The molecule has 2 unspecified atom stereocenters. The average molecular weight is 330 g/mol. The predicted octanol–water partition coefficient (Wildman–Crippen LogP) is 0.990. The van der Waals surface area contributed by atoms with Gasteiger partial charge >= 0.3 is 27.3 Å². The zero-order valence-corrected chi connectivity index (χ0v) is 12.1. The van der Waals surface area contributed by atoms with Gasteiger partial charge in [-0.3, -0.25) is 14.1 Å². The van der Waals surface area contributed by atoms with Crippen molar-refractivity contribution < 1.29 is 40.8 Å². The maximum Gasteiger partial charge on any atom is 0.402 e. The van der Waals surface area contributed by atoms with E-state index < -0.39 is 45.8 Å². The third-order valence-corrected chi connectivity index (χ3v) is 4.21. The van der Waals surface area contributed by atoms with Gasteiger partial charge in [0.15, 0.2) is 6.61 Å². The highest BCUT2D eigenvalue weighted by molar-refractivity contribution is 7.86. The quantitative estimate of drug-likeness (QED) is 0.591. The van der Waals surface area contributed by atoms with Crippen molar-refractivity contribution >= 4 is 22.1 Å². The molecular formula is C11H16F2O7S. The maximum atomic E-state index is 13.0. The van der Waals surface area contributed by atoms with E-state index in [-0.39, 0.29) is 6.42 Å². The molecule has 1 saturated carbocycles. The molecule has 1 aliphatic carbocycles. The first-order valence-corrected chi connectivity index (χ1v) is 7.63. The van der Waals surface area contributed by atoms with E-state index >= 15 is 0 Å². The van der Waals surface area contributed by atoms with Gasteiger partial charge in [-0.05, 0) is 12.8 Å². The first kappa shape index (κ1) is 17.8. The second-order valence-corrected chi connectivity index (χ2v) is 6.29. The van der Waals surface area contributed by atoms with Crippen molar-refractivity contribution in [3.63, 3.8) is 0 Å². The number of carbonyl (C=O) groups excluding carboxylic acids is 2. The largest absolute Gasteiger partial charge is 0.469 e. The fourth-order valence-electron chi connectivity index (χ4n) is 2.18. The summed E-state index contributed by atoms with van der Waals surface area (Å²) in [5, 5.41) is -4.59. The van der Waals surface area contributed by atoms with Gasteiger partial charge in [0, 0.05) is 0 Å². The molecule has 7 nitrogen and oxygen atoms in total. The van der Waals surface area contributed by atoms with Crippen LogP contribution in [0, 0.1) is 11.8 Å². The van der Waals surface area contributed by atoms with Crippen LogP contribution in [0.3, 0.4) is 0 Å². The van der Waals surface area contributed by atoms with Crippen molar-refractivity contribution in [2.24, 2.45) is 11.8 Å². The van der Waals surface area contributed by atoms with Crippen molar-refractivity contribution in [1.29, 1.82) is 0 Å². The van der Waals surface area contributed by atoms with Crippen LogP contribution in [-0.2, 0) is 29.2 Å². The van der Waals surface area contributed by atoms with Gasteiger partial charge in [0.1, 0.15) is 0 Å². The van der Waals surface area contributed by atoms with Crippen LogP contribution in [0.5, 0.6) is 0 Å². The maximum absolute atomic E-state index is 13.0. The fraction of sp³-hybridized carbons (Fsp3) is 0.818. The molecule has 10 heteroatoms. The Kier molecular flexibility index (Phi) is 5.62. The number of hydrogen-bond donors (Lipinski definition) is 1. The van der Waals surface area contributed by atoms with E-state index in [0.29, 0.717) is 19.3 Å². The molecule has 0 bridgehead atoms. The minimum atomic E-state index is -5.67. The number of hydrogen-bond acceptors (Lipinski definition) is 6. The Morgan fingerprint density at radius 3 is 2.10 bits per heavy atom. The summed E-state index contributed by atoms with van der Waals surface area (Å²) >= 11 is 0. The summed E-state index contributed by atoms with van der Waals surface area (Å²) in [5.74, 6) is -3.49. The van der Waals surface area contributed by atoms with Crippen LogP contribution in [-0.4, -0.2) is 43.9 Å². The molecule has 0 radical (unpaired) electrons. The summed E-state index contributed by atoms with van der Waals surface area (Å²) < 4.78 is 63.9. The second-order valence-electron chi connectivity index (χ2n) is 4.74. The number of carbonyl (C=O) groups is 2. The topological polar surface area (TPSA) is 107 Å². The molecule has 1 N–H and O–H groups in total. The number of methoxy groups -OCH3 is 1. The minimum absolute atomic E-state index is 0.260. The smallest absolute Gasteiger partial charge is 0.402 e. The molecule has 0 spiro atoms. The van der Waals surface area contributed by atoms with E-state index in [0.717, 1.165) is 7.11 Å². The summed E-state index contributed by atoms with van der Waals surface area (Å²) in [6, 6.07) is 0. The van der Waals surface area contributed by atoms with Crippen LogP contribution in [0.15, 0.2) is 0 Å². The second kappa shape index (κ2) is 6.65. The number of alkyl halides is 2. The average Bonchev–Trinajstić information content (AvgIpc) is 2.42. The zero-order chi connectivity index (χ0) is 16.3. The molecule has 1 aliphatic rings. The van der Waals surface area contributed by atoms with Crippen LogP contribution in [0.4, 0.5) is 8.78 Å². The molecule has 0 aromatic carbocycles. The Bertz CT molecular complexity index is 503. The lowest BCUT2D eigenvalue weighted by molar-refractivity contribution is -0.164. The van der Waals surface area contributed by atoms with Crippen molar-refractivity contribution in [2.45, 2.75) is 30.9 Å². The highest BCUT2D eigenvalue weighted by Gasteiger charge is 2.47. The first-order valence-electron chi connectivity index (χ1n) is 6.19. The Hall–Kier alpha value is -1.29. The standard InChI is InChI=1S/C11H16F2O7S/c1-19-9(14)7-4-2-3-5-8(7)10(15)20-6-11(12,13)21(16,17)18/h7-8H,2-6H2,1H3,(H,16,17,18). The van der Waals surface area contributed by atoms with E-state index in [4.69, 9.17) is 4.55 Å². The molecule has 0 amide bonds. The van der Waals surface area contributed by atoms with E-state index in [9.17, 15) is 26.8 Å². The van der Waals surface area contributed by atoms with Crippen molar-refractivity contribution in [1.82, 2.24) is 0 Å². The number of halogens is 2. The lowest BCUT2D eigenvalue weighted by Crippen LogP contribution is -2.39. The predicted molar refractivity (Wildman–Crippen MR) is 64.9 cm³/mol. The van der Waals surface area contributed by atoms with Crippen molar-refractivity contribution in [2.75, 3.05) is 13.7 Å². The lowest BCUT2D eigenvalue weighted by Gasteiger charge is -2.28. The molecule has 0 aromatic heterocycles.